The summed E-state index contributed by atoms with van der Waals surface area (Å²) in [6.45, 7) is 3.83. The van der Waals surface area contributed by atoms with Crippen LogP contribution in [0.15, 0.2) is 32.7 Å². The Labute approximate surface area is 161 Å². The Bertz CT molecular complexity index is 899. The lowest BCUT2D eigenvalue weighted by Gasteiger charge is -2.09. The van der Waals surface area contributed by atoms with Gasteiger partial charge >= 0.3 is 0 Å². The molecule has 0 saturated carbocycles. The van der Waals surface area contributed by atoms with Crippen LogP contribution >= 0.6 is 34.9 Å². The van der Waals surface area contributed by atoms with Crippen LogP contribution in [0.4, 0.5) is 8.78 Å². The van der Waals surface area contributed by atoms with Gasteiger partial charge in [0.25, 0.3) is 16.9 Å². The van der Waals surface area contributed by atoms with E-state index >= 15 is 0 Å². The number of ether oxygens (including phenoxy) is 1. The van der Waals surface area contributed by atoms with Gasteiger partial charge in [-0.25, -0.2) is 4.98 Å². The fourth-order valence-corrected chi connectivity index (χ4v) is 4.37. The highest BCUT2D eigenvalue weighted by Gasteiger charge is 2.16. The second-order valence-electron chi connectivity index (χ2n) is 5.17. The summed E-state index contributed by atoms with van der Waals surface area (Å²) in [4.78, 5) is 5.63. The standard InChI is InChI=1S/C16H15F2N3O2S3/c1-8-13(25-9(2)19-8)14-20-21-16(23-14)24-7-10-4-5-12(26-15(17)18)11(6-10)22-3/h4-6,15H,7H2,1-3H3. The second-order valence-corrected chi connectivity index (χ2v) is 8.33. The highest BCUT2D eigenvalue weighted by Crippen LogP contribution is 2.36. The number of methoxy groups -OCH3 is 1. The molecule has 0 fully saturated rings. The largest absolute Gasteiger partial charge is 0.496 e. The topological polar surface area (TPSA) is 61.0 Å². The molecular formula is C16H15F2N3O2S3. The van der Waals surface area contributed by atoms with E-state index in [1.165, 1.54) is 30.2 Å². The first-order valence-electron chi connectivity index (χ1n) is 7.48. The molecule has 3 aromatic rings. The Morgan fingerprint density at radius 3 is 2.73 bits per heavy atom. The molecule has 10 heteroatoms. The van der Waals surface area contributed by atoms with Crippen LogP contribution in [-0.4, -0.2) is 28.0 Å². The Balaban J connectivity index is 1.69. The Morgan fingerprint density at radius 1 is 1.27 bits per heavy atom. The van der Waals surface area contributed by atoms with Crippen LogP contribution in [-0.2, 0) is 5.75 Å². The predicted molar refractivity (Wildman–Crippen MR) is 99.3 cm³/mol. The second kappa shape index (κ2) is 8.36. The quantitative estimate of drug-likeness (QED) is 0.477. The zero-order valence-corrected chi connectivity index (χ0v) is 16.6. The minimum atomic E-state index is -2.49. The molecule has 0 aliphatic carbocycles. The molecule has 26 heavy (non-hydrogen) atoms. The Kier molecular flexibility index (Phi) is 6.15. The molecule has 0 spiro atoms. The Hall–Kier alpha value is -1.65. The van der Waals surface area contributed by atoms with Crippen LogP contribution in [0.1, 0.15) is 16.3 Å². The van der Waals surface area contributed by atoms with E-state index in [4.69, 9.17) is 9.15 Å². The summed E-state index contributed by atoms with van der Waals surface area (Å²) < 4.78 is 36.0. The van der Waals surface area contributed by atoms with Gasteiger partial charge in [-0.3, -0.25) is 0 Å². The van der Waals surface area contributed by atoms with E-state index in [2.05, 4.69) is 15.2 Å². The number of thioether (sulfide) groups is 2. The summed E-state index contributed by atoms with van der Waals surface area (Å²) in [7, 11) is 1.46. The molecule has 2 heterocycles. The van der Waals surface area contributed by atoms with E-state index in [0.717, 1.165) is 21.1 Å². The SMILES string of the molecule is COc1cc(CSc2nnc(-c3sc(C)nc3C)o2)ccc1SC(F)F. The van der Waals surface area contributed by atoms with Gasteiger partial charge in [-0.1, -0.05) is 29.6 Å². The smallest absolute Gasteiger partial charge is 0.289 e. The number of hydrogen-bond donors (Lipinski definition) is 0. The van der Waals surface area contributed by atoms with Gasteiger partial charge in [0.1, 0.15) is 10.6 Å². The third-order valence-corrected chi connectivity index (χ3v) is 6.03. The maximum Gasteiger partial charge on any atom is 0.289 e. The van der Waals surface area contributed by atoms with Crippen LogP contribution < -0.4 is 4.74 Å². The van der Waals surface area contributed by atoms with Crippen LogP contribution in [0.2, 0.25) is 0 Å². The van der Waals surface area contributed by atoms with E-state index < -0.39 is 5.76 Å². The minimum absolute atomic E-state index is 0.410. The van der Waals surface area contributed by atoms with Gasteiger partial charge in [0.05, 0.1) is 22.7 Å². The average molecular weight is 416 g/mol. The normalized spacial score (nSPS) is 11.3. The van der Waals surface area contributed by atoms with Gasteiger partial charge in [-0.05, 0) is 31.5 Å². The van der Waals surface area contributed by atoms with E-state index in [1.54, 1.807) is 18.2 Å². The number of rotatable bonds is 7. The zero-order chi connectivity index (χ0) is 18.7. The molecule has 0 atom stereocenters. The van der Waals surface area contributed by atoms with Gasteiger partial charge in [-0.15, -0.1) is 21.5 Å². The molecule has 3 rings (SSSR count). The monoisotopic (exact) mass is 415 g/mol. The number of thiazole rings is 1. The number of alkyl halides is 2. The van der Waals surface area contributed by atoms with Crippen molar-refractivity contribution in [3.05, 3.63) is 34.5 Å². The fourth-order valence-electron chi connectivity index (χ4n) is 2.23. The van der Waals surface area contributed by atoms with E-state index in [-0.39, 0.29) is 0 Å². The molecular weight excluding hydrogens is 400 g/mol. The molecule has 2 aromatic heterocycles. The van der Waals surface area contributed by atoms with Gasteiger partial charge < -0.3 is 9.15 Å². The third-order valence-electron chi connectivity index (χ3n) is 3.31. The molecule has 0 bridgehead atoms. The van der Waals surface area contributed by atoms with Gasteiger partial charge in [0.2, 0.25) is 0 Å². The lowest BCUT2D eigenvalue weighted by Crippen LogP contribution is -1.91. The summed E-state index contributed by atoms with van der Waals surface area (Å²) in [6.07, 6.45) is 0. The van der Waals surface area contributed by atoms with Crippen molar-refractivity contribution in [2.75, 3.05) is 7.11 Å². The molecule has 0 saturated heterocycles. The maximum atomic E-state index is 12.6. The van der Waals surface area contributed by atoms with Gasteiger partial charge in [0, 0.05) is 5.75 Å². The number of aromatic nitrogens is 3. The van der Waals surface area contributed by atoms with Crippen molar-refractivity contribution in [2.45, 2.75) is 35.5 Å². The number of aryl methyl sites for hydroxylation is 2. The number of hydrogen-bond acceptors (Lipinski definition) is 8. The highest BCUT2D eigenvalue weighted by molar-refractivity contribution is 7.99. The van der Waals surface area contributed by atoms with Crippen LogP contribution in [0, 0.1) is 13.8 Å². The number of benzene rings is 1. The Morgan fingerprint density at radius 2 is 2.08 bits per heavy atom. The minimum Gasteiger partial charge on any atom is -0.496 e. The van der Waals surface area contributed by atoms with Crippen LogP contribution in [0.5, 0.6) is 5.75 Å². The molecule has 0 aliphatic heterocycles. The fraction of sp³-hybridized carbons (Fsp3) is 0.312. The first-order valence-corrected chi connectivity index (χ1v) is 10.2. The van der Waals surface area contributed by atoms with Crippen molar-refractivity contribution in [2.24, 2.45) is 0 Å². The predicted octanol–water partition coefficient (Wildman–Crippen LogP) is 5.43. The third kappa shape index (κ3) is 4.54. The van der Waals surface area contributed by atoms with Crippen molar-refractivity contribution in [3.63, 3.8) is 0 Å². The van der Waals surface area contributed by atoms with Crippen LogP contribution in [0.3, 0.4) is 0 Å². The lowest BCUT2D eigenvalue weighted by molar-refractivity contribution is 0.251. The summed E-state index contributed by atoms with van der Waals surface area (Å²) in [5.74, 6) is -1.05. The average Bonchev–Trinajstić information content (AvgIpc) is 3.19. The van der Waals surface area contributed by atoms with Crippen LogP contribution in [0.25, 0.3) is 10.8 Å². The van der Waals surface area contributed by atoms with Crippen molar-refractivity contribution in [1.29, 1.82) is 0 Å². The summed E-state index contributed by atoms with van der Waals surface area (Å²) in [5.41, 5.74) is 1.78. The van der Waals surface area contributed by atoms with Crippen molar-refractivity contribution in [3.8, 4) is 16.5 Å². The molecule has 0 N–H and O–H groups in total. The van der Waals surface area contributed by atoms with E-state index in [0.29, 0.717) is 39.3 Å². The van der Waals surface area contributed by atoms with Crippen molar-refractivity contribution >= 4 is 34.9 Å². The highest BCUT2D eigenvalue weighted by atomic mass is 32.2. The number of halogens is 2. The van der Waals surface area contributed by atoms with Crippen molar-refractivity contribution < 1.29 is 17.9 Å². The molecule has 5 nitrogen and oxygen atoms in total. The van der Waals surface area contributed by atoms with E-state index in [1.807, 2.05) is 13.8 Å². The summed E-state index contributed by atoms with van der Waals surface area (Å²) in [6, 6.07) is 5.16. The molecule has 0 aliphatic rings. The molecule has 0 unspecified atom stereocenters. The van der Waals surface area contributed by atoms with E-state index in [9.17, 15) is 8.78 Å². The summed E-state index contributed by atoms with van der Waals surface area (Å²) in [5, 5.41) is 9.51. The first kappa shape index (κ1) is 19.1. The van der Waals surface area contributed by atoms with Gasteiger partial charge in [-0.2, -0.15) is 8.78 Å². The first-order chi connectivity index (χ1) is 12.5. The molecule has 1 aromatic carbocycles. The molecule has 138 valence electrons. The zero-order valence-electron chi connectivity index (χ0n) is 14.2. The molecule has 0 radical (unpaired) electrons. The molecule has 0 amide bonds. The maximum absolute atomic E-state index is 12.6. The summed E-state index contributed by atoms with van der Waals surface area (Å²) >= 11 is 3.35. The lowest BCUT2D eigenvalue weighted by atomic mass is 10.2. The van der Waals surface area contributed by atoms with Gasteiger partial charge in [0.15, 0.2) is 0 Å². The number of nitrogens with zero attached hydrogens (tertiary/aromatic N) is 3. The van der Waals surface area contributed by atoms with Crippen molar-refractivity contribution in [1.82, 2.24) is 15.2 Å².